The minimum atomic E-state index is -0.486. The van der Waals surface area contributed by atoms with E-state index in [-0.39, 0.29) is 23.5 Å². The molecule has 0 aliphatic heterocycles. The maximum atomic E-state index is 12.3. The molecule has 31 heavy (non-hydrogen) atoms. The van der Waals surface area contributed by atoms with E-state index < -0.39 is 4.92 Å². The van der Waals surface area contributed by atoms with Gasteiger partial charge in [-0.25, -0.2) is 0 Å². The zero-order chi connectivity index (χ0) is 22.4. The highest BCUT2D eigenvalue weighted by Gasteiger charge is 2.19. The molecule has 0 bridgehead atoms. The summed E-state index contributed by atoms with van der Waals surface area (Å²) < 4.78 is 7.93. The van der Waals surface area contributed by atoms with Crippen LogP contribution >= 0.6 is 11.8 Å². The second kappa shape index (κ2) is 10.1. The number of nitro groups is 1. The molecule has 1 unspecified atom stereocenters. The van der Waals surface area contributed by atoms with Crippen LogP contribution in [0.1, 0.15) is 31.3 Å². The summed E-state index contributed by atoms with van der Waals surface area (Å²) in [6.45, 7) is 6.53. The number of hydrogen-bond donors (Lipinski definition) is 1. The fourth-order valence-electron chi connectivity index (χ4n) is 2.94. The standard InChI is InChI=1S/C21H23N5O4S/c1-4-25-20(15(3)30-18-7-5-6-14(2)12-18)23-24-21(25)31-13-19(27)22-16-8-10-17(11-9-16)26(28)29/h5-12,15H,4,13H2,1-3H3,(H,22,27). The van der Waals surface area contributed by atoms with Gasteiger partial charge in [0.1, 0.15) is 5.75 Å². The molecule has 10 heteroatoms. The molecule has 1 heterocycles. The van der Waals surface area contributed by atoms with E-state index in [1.54, 1.807) is 0 Å². The van der Waals surface area contributed by atoms with Crippen molar-refractivity contribution in [1.29, 1.82) is 0 Å². The lowest BCUT2D eigenvalue weighted by Gasteiger charge is -2.16. The lowest BCUT2D eigenvalue weighted by Crippen LogP contribution is -2.15. The van der Waals surface area contributed by atoms with Gasteiger partial charge in [0.25, 0.3) is 5.69 Å². The first kappa shape index (κ1) is 22.3. The molecule has 3 aromatic rings. The second-order valence-electron chi connectivity index (χ2n) is 6.80. The number of carbonyl (C=O) groups is 1. The van der Waals surface area contributed by atoms with Crippen molar-refractivity contribution in [3.63, 3.8) is 0 Å². The SMILES string of the molecule is CCn1c(SCC(=O)Nc2ccc([N+](=O)[O-])cc2)nnc1C(C)Oc1cccc(C)c1. The van der Waals surface area contributed by atoms with Crippen LogP contribution in [0.3, 0.4) is 0 Å². The van der Waals surface area contributed by atoms with Gasteiger partial charge in [-0.1, -0.05) is 23.9 Å². The molecule has 0 spiro atoms. The Labute approximate surface area is 184 Å². The van der Waals surface area contributed by atoms with E-state index in [1.165, 1.54) is 36.0 Å². The van der Waals surface area contributed by atoms with Crippen molar-refractivity contribution in [3.8, 4) is 5.75 Å². The van der Waals surface area contributed by atoms with E-state index in [1.807, 2.05) is 49.6 Å². The van der Waals surface area contributed by atoms with Crippen LogP contribution < -0.4 is 10.1 Å². The van der Waals surface area contributed by atoms with E-state index in [0.717, 1.165) is 11.3 Å². The topological polar surface area (TPSA) is 112 Å². The summed E-state index contributed by atoms with van der Waals surface area (Å²) in [5.74, 6) is 1.33. The molecule has 2 aromatic carbocycles. The highest BCUT2D eigenvalue weighted by Crippen LogP contribution is 2.25. The summed E-state index contributed by atoms with van der Waals surface area (Å²) in [4.78, 5) is 22.5. The van der Waals surface area contributed by atoms with Gasteiger partial charge >= 0.3 is 0 Å². The molecule has 9 nitrogen and oxygen atoms in total. The lowest BCUT2D eigenvalue weighted by molar-refractivity contribution is -0.384. The number of nitrogens with one attached hydrogen (secondary N) is 1. The first-order chi connectivity index (χ1) is 14.9. The van der Waals surface area contributed by atoms with Crippen LogP contribution in [0.2, 0.25) is 0 Å². The Bertz CT molecular complexity index is 1070. The lowest BCUT2D eigenvalue weighted by atomic mass is 10.2. The van der Waals surface area contributed by atoms with Gasteiger partial charge in [-0.05, 0) is 50.6 Å². The predicted octanol–water partition coefficient (Wildman–Crippen LogP) is 4.39. The van der Waals surface area contributed by atoms with Crippen LogP contribution in [-0.2, 0) is 11.3 Å². The fourth-order valence-corrected chi connectivity index (χ4v) is 3.75. The number of anilines is 1. The van der Waals surface area contributed by atoms with E-state index in [4.69, 9.17) is 4.74 Å². The van der Waals surface area contributed by atoms with Crippen molar-refractivity contribution < 1.29 is 14.5 Å². The molecule has 0 saturated carbocycles. The van der Waals surface area contributed by atoms with Crippen molar-refractivity contribution in [2.75, 3.05) is 11.1 Å². The van der Waals surface area contributed by atoms with E-state index in [9.17, 15) is 14.9 Å². The average Bonchev–Trinajstić information content (AvgIpc) is 3.16. The Morgan fingerprint density at radius 2 is 2.00 bits per heavy atom. The molecule has 0 fully saturated rings. The van der Waals surface area contributed by atoms with Gasteiger partial charge in [-0.3, -0.25) is 14.9 Å². The van der Waals surface area contributed by atoms with Crippen LogP contribution in [0, 0.1) is 17.0 Å². The number of carbonyl (C=O) groups excluding carboxylic acids is 1. The average molecular weight is 442 g/mol. The van der Waals surface area contributed by atoms with Gasteiger partial charge in [-0.2, -0.15) is 0 Å². The highest BCUT2D eigenvalue weighted by atomic mass is 32.2. The van der Waals surface area contributed by atoms with Gasteiger partial charge in [0.05, 0.1) is 10.7 Å². The van der Waals surface area contributed by atoms with Crippen molar-refractivity contribution in [2.45, 2.75) is 38.6 Å². The summed E-state index contributed by atoms with van der Waals surface area (Å²) in [5.41, 5.74) is 1.57. The maximum Gasteiger partial charge on any atom is 0.269 e. The number of thioether (sulfide) groups is 1. The first-order valence-corrected chi connectivity index (χ1v) is 10.7. The van der Waals surface area contributed by atoms with E-state index >= 15 is 0 Å². The minimum Gasteiger partial charge on any atom is -0.483 e. The Hall–Kier alpha value is -3.40. The third-order valence-electron chi connectivity index (χ3n) is 4.42. The number of rotatable bonds is 9. The Morgan fingerprint density at radius 3 is 2.65 bits per heavy atom. The van der Waals surface area contributed by atoms with Gasteiger partial charge in [0.15, 0.2) is 17.1 Å². The molecule has 0 aliphatic carbocycles. The van der Waals surface area contributed by atoms with Gasteiger partial charge in [-0.15, -0.1) is 10.2 Å². The predicted molar refractivity (Wildman–Crippen MR) is 118 cm³/mol. The third kappa shape index (κ3) is 5.82. The quantitative estimate of drug-likeness (QED) is 0.298. The molecule has 0 aliphatic rings. The van der Waals surface area contributed by atoms with Crippen LogP contribution in [0.25, 0.3) is 0 Å². The normalized spacial score (nSPS) is 11.7. The fraction of sp³-hybridized carbons (Fsp3) is 0.286. The van der Waals surface area contributed by atoms with Gasteiger partial charge in [0.2, 0.25) is 5.91 Å². The first-order valence-electron chi connectivity index (χ1n) is 9.71. The van der Waals surface area contributed by atoms with Gasteiger partial charge in [0, 0.05) is 24.4 Å². The van der Waals surface area contributed by atoms with Crippen molar-refractivity contribution in [3.05, 3.63) is 70.0 Å². The zero-order valence-corrected chi connectivity index (χ0v) is 18.3. The second-order valence-corrected chi connectivity index (χ2v) is 7.74. The number of hydrogen-bond acceptors (Lipinski definition) is 7. The smallest absolute Gasteiger partial charge is 0.269 e. The van der Waals surface area contributed by atoms with E-state index in [0.29, 0.717) is 23.2 Å². The summed E-state index contributed by atoms with van der Waals surface area (Å²) >= 11 is 1.27. The van der Waals surface area contributed by atoms with Crippen LogP contribution in [0.15, 0.2) is 53.7 Å². The monoisotopic (exact) mass is 441 g/mol. The number of nitro benzene ring substituents is 1. The molecular weight excluding hydrogens is 418 g/mol. The summed E-state index contributed by atoms with van der Waals surface area (Å²) in [5, 5.41) is 22.5. The molecule has 1 N–H and O–H groups in total. The minimum absolute atomic E-state index is 0.0297. The van der Waals surface area contributed by atoms with Crippen molar-refractivity contribution in [1.82, 2.24) is 14.8 Å². The van der Waals surface area contributed by atoms with Crippen molar-refractivity contribution in [2.24, 2.45) is 0 Å². The summed E-state index contributed by atoms with van der Waals surface area (Å²) in [6, 6.07) is 13.5. The molecule has 1 aromatic heterocycles. The maximum absolute atomic E-state index is 12.3. The molecule has 0 radical (unpaired) electrons. The third-order valence-corrected chi connectivity index (χ3v) is 5.39. The number of amides is 1. The number of nitrogens with zero attached hydrogens (tertiary/aromatic N) is 4. The highest BCUT2D eigenvalue weighted by molar-refractivity contribution is 7.99. The Kier molecular flexibility index (Phi) is 7.24. The summed E-state index contributed by atoms with van der Waals surface area (Å²) in [6.07, 6.45) is -0.308. The zero-order valence-electron chi connectivity index (χ0n) is 17.4. The Morgan fingerprint density at radius 1 is 1.26 bits per heavy atom. The van der Waals surface area contributed by atoms with Crippen molar-refractivity contribution >= 4 is 29.0 Å². The van der Waals surface area contributed by atoms with Crippen LogP contribution in [0.5, 0.6) is 5.75 Å². The number of benzene rings is 2. The molecule has 1 amide bonds. The largest absolute Gasteiger partial charge is 0.483 e. The van der Waals surface area contributed by atoms with Gasteiger partial charge < -0.3 is 14.6 Å². The molecule has 1 atom stereocenters. The summed E-state index contributed by atoms with van der Waals surface area (Å²) in [7, 11) is 0. The molecule has 0 saturated heterocycles. The molecule has 3 rings (SSSR count). The number of ether oxygens (including phenoxy) is 1. The van der Waals surface area contributed by atoms with Crippen LogP contribution in [-0.4, -0.2) is 31.3 Å². The van der Waals surface area contributed by atoms with Crippen LogP contribution in [0.4, 0.5) is 11.4 Å². The number of aryl methyl sites for hydroxylation is 1. The Balaban J connectivity index is 1.61. The van der Waals surface area contributed by atoms with E-state index in [2.05, 4.69) is 15.5 Å². The molecule has 162 valence electrons. The number of non-ortho nitro benzene ring substituents is 1. The number of aromatic nitrogens is 3. The molecular formula is C21H23N5O4S.